The van der Waals surface area contributed by atoms with Gasteiger partial charge in [0.2, 0.25) is 8.03 Å². The number of ether oxygens (including phenoxy) is 1. The number of hydrogen-bond donors (Lipinski definition) is 1. The lowest BCUT2D eigenvalue weighted by molar-refractivity contribution is 0.415. The lowest BCUT2D eigenvalue weighted by atomic mass is 10.1. The first-order valence-corrected chi connectivity index (χ1v) is 6.54. The van der Waals surface area contributed by atoms with E-state index in [-0.39, 0.29) is 0 Å². The largest absolute Gasteiger partial charge is 0.497 e. The minimum Gasteiger partial charge on any atom is -0.497 e. The molecule has 3 nitrogen and oxygen atoms in total. The molecule has 0 aliphatic carbocycles. The van der Waals surface area contributed by atoms with E-state index in [4.69, 9.17) is 4.74 Å². The van der Waals surface area contributed by atoms with Crippen LogP contribution in [0.4, 0.5) is 0 Å². The van der Waals surface area contributed by atoms with Crippen molar-refractivity contribution in [2.75, 3.05) is 7.11 Å². The molecule has 2 aromatic rings. The van der Waals surface area contributed by atoms with Crippen LogP contribution in [0.15, 0.2) is 48.5 Å². The molecule has 2 aromatic carbocycles. The molecule has 1 N–H and O–H groups in total. The van der Waals surface area contributed by atoms with Crippen LogP contribution >= 0.6 is 8.03 Å². The van der Waals surface area contributed by atoms with Crippen LogP contribution in [0, 0.1) is 0 Å². The van der Waals surface area contributed by atoms with E-state index >= 15 is 0 Å². The van der Waals surface area contributed by atoms with Crippen molar-refractivity contribution in [3.05, 3.63) is 48.5 Å². The summed E-state index contributed by atoms with van der Waals surface area (Å²) in [7, 11) is -1.08. The Morgan fingerprint density at radius 2 is 1.71 bits per heavy atom. The molecule has 0 spiro atoms. The second kappa shape index (κ2) is 5.17. The van der Waals surface area contributed by atoms with Crippen LogP contribution in [0.2, 0.25) is 0 Å². The van der Waals surface area contributed by atoms with E-state index < -0.39 is 8.03 Å². The van der Waals surface area contributed by atoms with E-state index in [2.05, 4.69) is 0 Å². The molecule has 1 atom stereocenters. The van der Waals surface area contributed by atoms with E-state index in [0.29, 0.717) is 5.30 Å². The number of methoxy groups -OCH3 is 1. The fraction of sp³-hybridized carbons (Fsp3) is 0.0769. The first-order chi connectivity index (χ1) is 8.22. The molecule has 0 aliphatic rings. The molecule has 88 valence electrons. The van der Waals surface area contributed by atoms with Crippen molar-refractivity contribution < 1.29 is 14.2 Å². The highest BCUT2D eigenvalue weighted by Gasteiger charge is 2.08. The fourth-order valence-electron chi connectivity index (χ4n) is 1.69. The molecule has 4 heteroatoms. The Labute approximate surface area is 101 Å². The summed E-state index contributed by atoms with van der Waals surface area (Å²) in [5, 5.41) is 0.489. The van der Waals surface area contributed by atoms with Crippen molar-refractivity contribution in [2.45, 2.75) is 0 Å². The Kier molecular flexibility index (Phi) is 3.62. The fourth-order valence-corrected chi connectivity index (χ4v) is 2.39. The number of benzene rings is 2. The lowest BCUT2D eigenvalue weighted by Crippen LogP contribution is -2.00. The topological polar surface area (TPSA) is 46.5 Å². The van der Waals surface area contributed by atoms with Crippen molar-refractivity contribution in [1.29, 1.82) is 0 Å². The minimum atomic E-state index is -2.69. The normalized spacial score (nSPS) is 12.1. The van der Waals surface area contributed by atoms with Crippen molar-refractivity contribution >= 4 is 13.3 Å². The van der Waals surface area contributed by atoms with Crippen LogP contribution in [0.25, 0.3) is 11.1 Å². The van der Waals surface area contributed by atoms with Gasteiger partial charge in [0.1, 0.15) is 5.75 Å². The first-order valence-electron chi connectivity index (χ1n) is 5.19. The van der Waals surface area contributed by atoms with Gasteiger partial charge in [0, 0.05) is 5.30 Å². The maximum absolute atomic E-state index is 11.3. The summed E-state index contributed by atoms with van der Waals surface area (Å²) < 4.78 is 16.4. The maximum atomic E-state index is 11.3. The number of hydrogen-bond acceptors (Lipinski definition) is 2. The van der Waals surface area contributed by atoms with Crippen LogP contribution in [0.3, 0.4) is 0 Å². The summed E-state index contributed by atoms with van der Waals surface area (Å²) in [6, 6.07) is 14.6. The van der Waals surface area contributed by atoms with Crippen LogP contribution in [-0.2, 0) is 4.57 Å². The highest BCUT2D eigenvalue weighted by atomic mass is 31.1. The predicted octanol–water partition coefficient (Wildman–Crippen LogP) is 2.45. The van der Waals surface area contributed by atoms with Crippen molar-refractivity contribution in [1.82, 2.24) is 0 Å². The highest BCUT2D eigenvalue weighted by molar-refractivity contribution is 7.47. The van der Waals surface area contributed by atoms with Gasteiger partial charge in [0.25, 0.3) is 0 Å². The average Bonchev–Trinajstić information content (AvgIpc) is 2.39. The van der Waals surface area contributed by atoms with Crippen molar-refractivity contribution in [3.8, 4) is 16.9 Å². The molecule has 17 heavy (non-hydrogen) atoms. The van der Waals surface area contributed by atoms with Gasteiger partial charge >= 0.3 is 0 Å². The van der Waals surface area contributed by atoms with Gasteiger partial charge in [-0.25, -0.2) is 0 Å². The quantitative estimate of drug-likeness (QED) is 0.849. The summed E-state index contributed by atoms with van der Waals surface area (Å²) in [6.45, 7) is 0. The van der Waals surface area contributed by atoms with Crippen molar-refractivity contribution in [3.63, 3.8) is 0 Å². The van der Waals surface area contributed by atoms with Gasteiger partial charge in [-0.1, -0.05) is 30.3 Å². The second-order valence-electron chi connectivity index (χ2n) is 3.58. The van der Waals surface area contributed by atoms with E-state index in [1.165, 1.54) is 0 Å². The zero-order chi connectivity index (χ0) is 12.3. The second-order valence-corrected chi connectivity index (χ2v) is 4.73. The molecule has 0 bridgehead atoms. The molecule has 2 rings (SSSR count). The molecule has 0 aromatic heterocycles. The van der Waals surface area contributed by atoms with Gasteiger partial charge in [-0.05, 0) is 29.3 Å². The Balaban J connectivity index is 2.48. The van der Waals surface area contributed by atoms with Crippen LogP contribution < -0.4 is 10.0 Å². The van der Waals surface area contributed by atoms with Gasteiger partial charge in [0.15, 0.2) is 0 Å². The summed E-state index contributed by atoms with van der Waals surface area (Å²) in [5.74, 6) is 0.767. The maximum Gasteiger partial charge on any atom is 0.218 e. The molecule has 0 saturated heterocycles. The third kappa shape index (κ3) is 2.57. The van der Waals surface area contributed by atoms with E-state index in [9.17, 15) is 9.46 Å². The Hall–Kier alpha value is -1.57. The van der Waals surface area contributed by atoms with Gasteiger partial charge in [0.05, 0.1) is 7.11 Å². The molecular formula is C13H13O3P. The Morgan fingerprint density at radius 1 is 1.06 bits per heavy atom. The van der Waals surface area contributed by atoms with Gasteiger partial charge in [-0.2, -0.15) is 0 Å². The summed E-state index contributed by atoms with van der Waals surface area (Å²) in [6.07, 6.45) is 0. The minimum absolute atomic E-state index is 0.489. The molecular weight excluding hydrogens is 235 g/mol. The summed E-state index contributed by atoms with van der Waals surface area (Å²) in [4.78, 5) is 9.29. The van der Waals surface area contributed by atoms with Crippen LogP contribution in [0.5, 0.6) is 5.75 Å². The molecule has 0 aliphatic heterocycles. The Morgan fingerprint density at radius 3 is 2.29 bits per heavy atom. The van der Waals surface area contributed by atoms with Crippen LogP contribution in [-0.4, -0.2) is 12.0 Å². The molecule has 0 saturated carbocycles. The summed E-state index contributed by atoms with van der Waals surface area (Å²) >= 11 is 0. The predicted molar refractivity (Wildman–Crippen MR) is 69.3 cm³/mol. The van der Waals surface area contributed by atoms with Gasteiger partial charge < -0.3 is 9.63 Å². The monoisotopic (exact) mass is 248 g/mol. The summed E-state index contributed by atoms with van der Waals surface area (Å²) in [5.41, 5.74) is 1.70. The first kappa shape index (κ1) is 11.9. The van der Waals surface area contributed by atoms with Crippen LogP contribution in [0.1, 0.15) is 0 Å². The SMILES string of the molecule is COc1ccc(-c2ccccc2[PH](=O)O)cc1. The van der Waals surface area contributed by atoms with Gasteiger partial charge in [-0.3, -0.25) is 4.57 Å². The number of rotatable bonds is 3. The third-order valence-electron chi connectivity index (χ3n) is 2.56. The average molecular weight is 248 g/mol. The smallest absolute Gasteiger partial charge is 0.218 e. The van der Waals surface area contributed by atoms with E-state index in [0.717, 1.165) is 16.9 Å². The van der Waals surface area contributed by atoms with E-state index in [1.807, 2.05) is 36.4 Å². The molecule has 0 heterocycles. The molecule has 0 amide bonds. The standard InChI is InChI=1S/C13H13O3P/c1-16-11-8-6-10(7-9-11)12-4-2-3-5-13(12)17(14)15/h2-9,17H,1H3,(H,14,15). The van der Waals surface area contributed by atoms with Crippen molar-refractivity contribution in [2.24, 2.45) is 0 Å². The molecule has 1 unspecified atom stereocenters. The Bertz CT molecular complexity index is 535. The third-order valence-corrected chi connectivity index (χ3v) is 3.46. The molecule has 0 radical (unpaired) electrons. The zero-order valence-corrected chi connectivity index (χ0v) is 10.4. The van der Waals surface area contributed by atoms with E-state index in [1.54, 1.807) is 19.2 Å². The highest BCUT2D eigenvalue weighted by Crippen LogP contribution is 2.26. The lowest BCUT2D eigenvalue weighted by Gasteiger charge is -2.07. The zero-order valence-electron chi connectivity index (χ0n) is 9.38. The molecule has 0 fully saturated rings. The van der Waals surface area contributed by atoms with Gasteiger partial charge in [-0.15, -0.1) is 0 Å².